The molecule has 2 aromatic rings. The van der Waals surface area contributed by atoms with E-state index < -0.39 is 0 Å². The summed E-state index contributed by atoms with van der Waals surface area (Å²) in [6, 6.07) is 14.3. The summed E-state index contributed by atoms with van der Waals surface area (Å²) in [4.78, 5) is 0. The second kappa shape index (κ2) is 6.48. The van der Waals surface area contributed by atoms with Crippen LogP contribution in [0.1, 0.15) is 11.1 Å². The van der Waals surface area contributed by atoms with E-state index in [9.17, 15) is 5.11 Å². The Labute approximate surface area is 112 Å². The molecular weight excluding hydrogens is 240 g/mol. The van der Waals surface area contributed by atoms with E-state index in [1.807, 2.05) is 30.3 Å². The Balaban J connectivity index is 2.11. The van der Waals surface area contributed by atoms with Gasteiger partial charge in [0.05, 0.1) is 5.56 Å². The van der Waals surface area contributed by atoms with Crippen molar-refractivity contribution < 1.29 is 14.9 Å². The van der Waals surface area contributed by atoms with Gasteiger partial charge in [-0.25, -0.2) is 0 Å². The van der Waals surface area contributed by atoms with Crippen LogP contribution in [0.5, 0.6) is 11.5 Å². The second-order valence-corrected chi connectivity index (χ2v) is 3.91. The molecule has 0 radical (unpaired) electrons. The zero-order chi connectivity index (χ0) is 13.5. The molecular formula is C16H14O3. The number of aromatic hydroxyl groups is 1. The monoisotopic (exact) mass is 254 g/mol. The Morgan fingerprint density at radius 2 is 1.89 bits per heavy atom. The van der Waals surface area contributed by atoms with Gasteiger partial charge in [-0.3, -0.25) is 0 Å². The molecule has 0 atom stereocenters. The minimum absolute atomic E-state index is 0.180. The molecule has 0 amide bonds. The van der Waals surface area contributed by atoms with Gasteiger partial charge in [0.1, 0.15) is 24.7 Å². The van der Waals surface area contributed by atoms with Crippen LogP contribution in [0.25, 0.3) is 0 Å². The van der Waals surface area contributed by atoms with Gasteiger partial charge in [-0.1, -0.05) is 36.1 Å². The first kappa shape index (κ1) is 13.0. The fraction of sp³-hybridized carbons (Fsp3) is 0.125. The molecule has 3 nitrogen and oxygen atoms in total. The molecule has 0 spiro atoms. The van der Waals surface area contributed by atoms with E-state index in [1.54, 1.807) is 18.2 Å². The first-order chi connectivity index (χ1) is 9.29. The van der Waals surface area contributed by atoms with Crippen molar-refractivity contribution in [3.63, 3.8) is 0 Å². The first-order valence-electron chi connectivity index (χ1n) is 5.89. The van der Waals surface area contributed by atoms with Crippen molar-refractivity contribution in [1.82, 2.24) is 0 Å². The van der Waals surface area contributed by atoms with Crippen molar-refractivity contribution in [2.45, 2.75) is 6.61 Å². The van der Waals surface area contributed by atoms with Crippen LogP contribution >= 0.6 is 0 Å². The molecule has 0 heterocycles. The van der Waals surface area contributed by atoms with Crippen LogP contribution in [-0.2, 0) is 6.61 Å². The van der Waals surface area contributed by atoms with Gasteiger partial charge in [-0.2, -0.15) is 0 Å². The fourth-order valence-corrected chi connectivity index (χ4v) is 1.64. The normalized spacial score (nSPS) is 9.53. The average molecular weight is 254 g/mol. The minimum atomic E-state index is -0.180. The van der Waals surface area contributed by atoms with Crippen molar-refractivity contribution in [1.29, 1.82) is 0 Å². The van der Waals surface area contributed by atoms with Gasteiger partial charge in [0.15, 0.2) is 0 Å². The summed E-state index contributed by atoms with van der Waals surface area (Å²) in [6.07, 6.45) is 0. The zero-order valence-corrected chi connectivity index (χ0v) is 10.3. The Bertz CT molecular complexity index is 609. The number of para-hydroxylation sites is 1. The minimum Gasteiger partial charge on any atom is -0.508 e. The number of benzene rings is 2. The molecule has 2 N–H and O–H groups in total. The van der Waals surface area contributed by atoms with Gasteiger partial charge in [-0.15, -0.1) is 0 Å². The summed E-state index contributed by atoms with van der Waals surface area (Å²) in [5.74, 6) is 6.31. The molecule has 0 saturated carbocycles. The Morgan fingerprint density at radius 1 is 1.05 bits per heavy atom. The molecule has 3 heteroatoms. The third-order valence-electron chi connectivity index (χ3n) is 2.49. The van der Waals surface area contributed by atoms with Gasteiger partial charge in [0.25, 0.3) is 0 Å². The third-order valence-corrected chi connectivity index (χ3v) is 2.49. The van der Waals surface area contributed by atoms with Crippen molar-refractivity contribution in [3.8, 4) is 23.3 Å². The van der Waals surface area contributed by atoms with Gasteiger partial charge in [0.2, 0.25) is 0 Å². The van der Waals surface area contributed by atoms with Crippen LogP contribution in [0, 0.1) is 11.8 Å². The predicted molar refractivity (Wildman–Crippen MR) is 72.8 cm³/mol. The van der Waals surface area contributed by atoms with E-state index in [1.165, 1.54) is 0 Å². The lowest BCUT2D eigenvalue weighted by Crippen LogP contribution is -1.97. The summed E-state index contributed by atoms with van der Waals surface area (Å²) >= 11 is 0. The average Bonchev–Trinajstić information content (AvgIpc) is 2.44. The number of ether oxygens (including phenoxy) is 1. The fourth-order valence-electron chi connectivity index (χ4n) is 1.64. The van der Waals surface area contributed by atoms with Crippen LogP contribution in [0.15, 0.2) is 48.5 Å². The molecule has 2 rings (SSSR count). The highest BCUT2D eigenvalue weighted by molar-refractivity contribution is 5.46. The van der Waals surface area contributed by atoms with E-state index >= 15 is 0 Å². The van der Waals surface area contributed by atoms with E-state index in [0.29, 0.717) is 12.4 Å². The number of rotatable bonds is 3. The molecule has 0 aromatic heterocycles. The smallest absolute Gasteiger partial charge is 0.135 e. The molecule has 0 unspecified atom stereocenters. The van der Waals surface area contributed by atoms with Crippen LogP contribution in [0.4, 0.5) is 0 Å². The molecule has 0 aliphatic heterocycles. The number of aliphatic hydroxyl groups excluding tert-OH is 1. The lowest BCUT2D eigenvalue weighted by molar-refractivity contribution is 0.304. The molecule has 0 fully saturated rings. The maximum absolute atomic E-state index is 9.38. The van der Waals surface area contributed by atoms with Gasteiger partial charge >= 0.3 is 0 Å². The second-order valence-electron chi connectivity index (χ2n) is 3.91. The van der Waals surface area contributed by atoms with Crippen molar-refractivity contribution in [2.24, 2.45) is 0 Å². The van der Waals surface area contributed by atoms with Gasteiger partial charge in [0, 0.05) is 0 Å². The first-order valence-corrected chi connectivity index (χ1v) is 5.89. The van der Waals surface area contributed by atoms with E-state index in [0.717, 1.165) is 11.1 Å². The Hall–Kier alpha value is -2.44. The van der Waals surface area contributed by atoms with Crippen LogP contribution < -0.4 is 4.74 Å². The molecule has 0 saturated heterocycles. The summed E-state index contributed by atoms with van der Waals surface area (Å²) in [7, 11) is 0. The number of phenols is 1. The highest BCUT2D eigenvalue weighted by atomic mass is 16.5. The molecule has 0 bridgehead atoms. The van der Waals surface area contributed by atoms with Crippen LogP contribution in [0.3, 0.4) is 0 Å². The van der Waals surface area contributed by atoms with Crippen molar-refractivity contribution in [2.75, 3.05) is 6.61 Å². The molecule has 19 heavy (non-hydrogen) atoms. The summed E-state index contributed by atoms with van der Waals surface area (Å²) in [6.45, 7) is 0.174. The summed E-state index contributed by atoms with van der Waals surface area (Å²) in [5.41, 5.74) is 1.61. The number of aliphatic hydroxyl groups is 1. The standard InChI is InChI=1S/C16H14O3/c17-10-4-7-14-6-1-2-9-16(14)19-12-13-5-3-8-15(18)11-13/h1-3,5-6,8-9,11,17-18H,10,12H2. The predicted octanol–water partition coefficient (Wildman–Crippen LogP) is 2.32. The van der Waals surface area contributed by atoms with Gasteiger partial charge in [-0.05, 0) is 29.8 Å². The summed E-state index contributed by atoms with van der Waals surface area (Å²) in [5, 5.41) is 18.1. The van der Waals surface area contributed by atoms with Crippen molar-refractivity contribution in [3.05, 3.63) is 59.7 Å². The van der Waals surface area contributed by atoms with Crippen LogP contribution in [0.2, 0.25) is 0 Å². The van der Waals surface area contributed by atoms with Crippen LogP contribution in [-0.4, -0.2) is 16.8 Å². The van der Waals surface area contributed by atoms with E-state index in [-0.39, 0.29) is 12.4 Å². The lowest BCUT2D eigenvalue weighted by Gasteiger charge is -2.08. The maximum atomic E-state index is 9.38. The number of hydrogen-bond donors (Lipinski definition) is 2. The zero-order valence-electron chi connectivity index (χ0n) is 10.3. The Kier molecular flexibility index (Phi) is 4.44. The van der Waals surface area contributed by atoms with E-state index in [4.69, 9.17) is 9.84 Å². The van der Waals surface area contributed by atoms with Crippen molar-refractivity contribution >= 4 is 0 Å². The highest BCUT2D eigenvalue weighted by Crippen LogP contribution is 2.19. The SMILES string of the molecule is OCC#Cc1ccccc1OCc1cccc(O)c1. The summed E-state index contributed by atoms with van der Waals surface area (Å²) < 4.78 is 5.68. The quantitative estimate of drug-likeness (QED) is 0.826. The molecule has 0 aliphatic carbocycles. The molecule has 2 aromatic carbocycles. The topological polar surface area (TPSA) is 49.7 Å². The number of hydrogen-bond acceptors (Lipinski definition) is 3. The lowest BCUT2D eigenvalue weighted by atomic mass is 10.2. The highest BCUT2D eigenvalue weighted by Gasteiger charge is 2.01. The van der Waals surface area contributed by atoms with E-state index in [2.05, 4.69) is 11.8 Å². The van der Waals surface area contributed by atoms with Gasteiger partial charge < -0.3 is 14.9 Å². The number of phenolic OH excluding ortho intramolecular Hbond substituents is 1. The third kappa shape index (κ3) is 3.77. The Morgan fingerprint density at radius 3 is 2.68 bits per heavy atom. The molecule has 96 valence electrons. The molecule has 0 aliphatic rings. The maximum Gasteiger partial charge on any atom is 0.135 e. The largest absolute Gasteiger partial charge is 0.508 e.